The van der Waals surface area contributed by atoms with Crippen molar-refractivity contribution >= 4 is 20.6 Å². The number of halogens is 1. The largest absolute Gasteiger partial charge is 0.410 e. The maximum atomic E-state index is 10.5. The molecule has 0 saturated carbocycles. The fraction of sp³-hybridized carbons (Fsp3) is 0.286. The summed E-state index contributed by atoms with van der Waals surface area (Å²) >= 11 is 2.84. The van der Waals surface area contributed by atoms with Gasteiger partial charge in [-0.25, -0.2) is 0 Å². The Morgan fingerprint density at radius 3 is 2.54 bits per heavy atom. The molecule has 0 heterocycles. The van der Waals surface area contributed by atoms with Gasteiger partial charge in [0.2, 0.25) is 0 Å². The predicted octanol–water partition coefficient (Wildman–Crippen LogP) is 2.30. The smallest absolute Gasteiger partial charge is 0.274 e. The van der Waals surface area contributed by atoms with E-state index in [1.54, 1.807) is 19.9 Å². The zero-order valence-corrected chi connectivity index (χ0v) is 8.78. The quantitative estimate of drug-likeness (QED) is 0.274. The van der Waals surface area contributed by atoms with Gasteiger partial charge >= 0.3 is 0 Å². The van der Waals surface area contributed by atoms with E-state index in [1.807, 2.05) is 0 Å². The number of nitro groups is 1. The number of hydrogen-bond donors (Lipinski definition) is 1. The number of allylic oxidation sites excluding steroid dienone is 3. The lowest BCUT2D eigenvalue weighted by Crippen LogP contribution is -2.01. The molecule has 13 heavy (non-hydrogen) atoms. The molecule has 0 rings (SSSR count). The van der Waals surface area contributed by atoms with Crippen LogP contribution in [0.5, 0.6) is 0 Å². The van der Waals surface area contributed by atoms with Crippen LogP contribution in [0, 0.1) is 10.1 Å². The second-order valence-electron chi connectivity index (χ2n) is 2.18. The van der Waals surface area contributed by atoms with Gasteiger partial charge in [-0.05, 0) is 29.8 Å². The molecule has 0 aliphatic heterocycles. The number of oxime groups is 1. The first-order valence-corrected chi connectivity index (χ1v) is 4.19. The average Bonchev–Trinajstić information content (AvgIpc) is 2.11. The van der Waals surface area contributed by atoms with E-state index in [2.05, 4.69) is 21.1 Å². The van der Waals surface area contributed by atoms with E-state index in [1.165, 1.54) is 0 Å². The standard InChI is InChI=1S/C7H9BrN2O3/c1-3-5(2)6(10(12)13)4-7(8)9-11/h3-4,11H,1-2H3/b5-3-,6-4+,9-7-. The predicted molar refractivity (Wildman–Crippen MR) is 52.7 cm³/mol. The van der Waals surface area contributed by atoms with Crippen molar-refractivity contribution in [1.29, 1.82) is 0 Å². The fourth-order valence-electron chi connectivity index (χ4n) is 0.600. The maximum Gasteiger partial charge on any atom is 0.274 e. The van der Waals surface area contributed by atoms with Gasteiger partial charge in [0.15, 0.2) is 4.62 Å². The molecule has 1 N–H and O–H groups in total. The summed E-state index contributed by atoms with van der Waals surface area (Å²) in [6.45, 7) is 3.29. The van der Waals surface area contributed by atoms with Gasteiger partial charge in [0, 0.05) is 5.57 Å². The molecule has 0 saturated heterocycles. The van der Waals surface area contributed by atoms with Gasteiger partial charge in [0.25, 0.3) is 5.70 Å². The Morgan fingerprint density at radius 2 is 2.23 bits per heavy atom. The van der Waals surface area contributed by atoms with Crippen molar-refractivity contribution in [3.8, 4) is 0 Å². The van der Waals surface area contributed by atoms with E-state index in [4.69, 9.17) is 5.21 Å². The topological polar surface area (TPSA) is 75.7 Å². The van der Waals surface area contributed by atoms with Gasteiger partial charge in [-0.2, -0.15) is 0 Å². The second kappa shape index (κ2) is 5.47. The van der Waals surface area contributed by atoms with Gasteiger partial charge in [-0.15, -0.1) is 0 Å². The Morgan fingerprint density at radius 1 is 1.69 bits per heavy atom. The molecule has 0 radical (unpaired) electrons. The minimum Gasteiger partial charge on any atom is -0.410 e. The molecule has 0 aliphatic rings. The highest BCUT2D eigenvalue weighted by Gasteiger charge is 2.13. The number of nitrogens with zero attached hydrogens (tertiary/aromatic N) is 2. The molecule has 5 nitrogen and oxygen atoms in total. The lowest BCUT2D eigenvalue weighted by molar-refractivity contribution is -0.420. The van der Waals surface area contributed by atoms with Gasteiger partial charge in [-0.3, -0.25) is 10.1 Å². The summed E-state index contributed by atoms with van der Waals surface area (Å²) in [5.41, 5.74) is 0.401. The van der Waals surface area contributed by atoms with E-state index >= 15 is 0 Å². The summed E-state index contributed by atoms with van der Waals surface area (Å²) in [7, 11) is 0. The first-order chi connectivity index (χ1) is 6.02. The molecular weight excluding hydrogens is 240 g/mol. The molecule has 72 valence electrons. The first-order valence-electron chi connectivity index (χ1n) is 3.39. The molecule has 0 aromatic rings. The van der Waals surface area contributed by atoms with Crippen LogP contribution in [0.3, 0.4) is 0 Å². The summed E-state index contributed by atoms with van der Waals surface area (Å²) in [5.74, 6) is 0. The third-order valence-electron chi connectivity index (χ3n) is 1.39. The van der Waals surface area contributed by atoms with Crippen molar-refractivity contribution in [3.63, 3.8) is 0 Å². The van der Waals surface area contributed by atoms with Crippen molar-refractivity contribution in [2.45, 2.75) is 13.8 Å². The fourth-order valence-corrected chi connectivity index (χ4v) is 0.817. The van der Waals surface area contributed by atoms with Crippen LogP contribution in [-0.4, -0.2) is 14.8 Å². The van der Waals surface area contributed by atoms with Crippen molar-refractivity contribution in [2.75, 3.05) is 0 Å². The lowest BCUT2D eigenvalue weighted by atomic mass is 10.2. The summed E-state index contributed by atoms with van der Waals surface area (Å²) in [4.78, 5) is 9.95. The third kappa shape index (κ3) is 3.84. The van der Waals surface area contributed by atoms with Crippen LogP contribution in [0.4, 0.5) is 0 Å². The Labute approximate surface area is 83.7 Å². The summed E-state index contributed by atoms with van der Waals surface area (Å²) in [5, 5.41) is 21.5. The van der Waals surface area contributed by atoms with Gasteiger partial charge in [0.05, 0.1) is 11.0 Å². The van der Waals surface area contributed by atoms with E-state index in [-0.39, 0.29) is 10.3 Å². The highest BCUT2D eigenvalue weighted by atomic mass is 79.9. The maximum absolute atomic E-state index is 10.5. The SMILES string of the molecule is C\C=C(C)/C(=C\C(Br)=N\O)[N+](=O)[O-]. The van der Waals surface area contributed by atoms with Gasteiger partial charge in [0.1, 0.15) is 0 Å². The van der Waals surface area contributed by atoms with Crippen molar-refractivity contribution in [3.05, 3.63) is 33.5 Å². The molecule has 0 aromatic heterocycles. The number of hydrogen-bond acceptors (Lipinski definition) is 4. The van der Waals surface area contributed by atoms with Crippen LogP contribution in [-0.2, 0) is 0 Å². The molecule has 0 aromatic carbocycles. The molecule has 0 unspecified atom stereocenters. The molecule has 0 aliphatic carbocycles. The van der Waals surface area contributed by atoms with E-state index in [9.17, 15) is 10.1 Å². The zero-order valence-electron chi connectivity index (χ0n) is 7.19. The van der Waals surface area contributed by atoms with Crippen LogP contribution in [0.25, 0.3) is 0 Å². The third-order valence-corrected chi connectivity index (χ3v) is 1.77. The van der Waals surface area contributed by atoms with Crippen LogP contribution in [0.2, 0.25) is 0 Å². The molecule has 0 spiro atoms. The van der Waals surface area contributed by atoms with Crippen molar-refractivity contribution in [2.24, 2.45) is 5.16 Å². The highest BCUT2D eigenvalue weighted by molar-refractivity contribution is 9.18. The minimum atomic E-state index is -0.540. The summed E-state index contributed by atoms with van der Waals surface area (Å²) in [6, 6.07) is 0. The monoisotopic (exact) mass is 248 g/mol. The normalized spacial score (nSPS) is 14.5. The van der Waals surface area contributed by atoms with Crippen molar-refractivity contribution in [1.82, 2.24) is 0 Å². The van der Waals surface area contributed by atoms with Crippen molar-refractivity contribution < 1.29 is 10.1 Å². The Bertz CT molecular complexity index is 294. The molecule has 0 amide bonds. The molecule has 0 fully saturated rings. The number of rotatable bonds is 3. The van der Waals surface area contributed by atoms with Crippen LogP contribution < -0.4 is 0 Å². The highest BCUT2D eigenvalue weighted by Crippen LogP contribution is 2.11. The Hall–Kier alpha value is -1.17. The van der Waals surface area contributed by atoms with E-state index in [0.717, 1.165) is 6.08 Å². The zero-order chi connectivity index (χ0) is 10.4. The van der Waals surface area contributed by atoms with Crippen LogP contribution in [0.1, 0.15) is 13.8 Å². The Kier molecular flexibility index (Phi) is 4.98. The van der Waals surface area contributed by atoms with Gasteiger partial charge < -0.3 is 5.21 Å². The lowest BCUT2D eigenvalue weighted by Gasteiger charge is -1.95. The first kappa shape index (κ1) is 11.8. The second-order valence-corrected chi connectivity index (χ2v) is 2.99. The minimum absolute atomic E-state index is 0.0143. The van der Waals surface area contributed by atoms with Gasteiger partial charge in [-0.1, -0.05) is 11.2 Å². The van der Waals surface area contributed by atoms with E-state index in [0.29, 0.717) is 5.57 Å². The average molecular weight is 249 g/mol. The molecular formula is C7H9BrN2O3. The van der Waals surface area contributed by atoms with E-state index < -0.39 is 4.92 Å². The van der Waals surface area contributed by atoms with Crippen LogP contribution in [0.15, 0.2) is 28.6 Å². The molecule has 0 bridgehead atoms. The Balaban J connectivity index is 5.04. The molecule has 0 atom stereocenters. The van der Waals surface area contributed by atoms with Crippen LogP contribution >= 0.6 is 15.9 Å². The summed E-state index contributed by atoms with van der Waals surface area (Å²) < 4.78 is 0.0143. The summed E-state index contributed by atoms with van der Waals surface area (Å²) in [6.07, 6.45) is 2.74. The molecule has 6 heteroatoms.